The fraction of sp³-hybridized carbons (Fsp3) is 0.0323. The van der Waals surface area contributed by atoms with E-state index in [1.807, 2.05) is 0 Å². The van der Waals surface area contributed by atoms with Crippen LogP contribution in [0.25, 0.3) is 55.7 Å². The van der Waals surface area contributed by atoms with E-state index in [4.69, 9.17) is 4.74 Å². The quantitative estimate of drug-likeness (QED) is 0.247. The average Bonchev–Trinajstić information content (AvgIpc) is 2.83. The number of benzene rings is 6. The molecule has 150 valence electrons. The second-order valence-corrected chi connectivity index (χ2v) is 8.75. The summed E-state index contributed by atoms with van der Waals surface area (Å²) in [6.07, 6.45) is 2.33. The first-order valence-electron chi connectivity index (χ1n) is 11.0. The van der Waals surface area contributed by atoms with E-state index in [-0.39, 0.29) is 0 Å². The SMILES string of the molecule is C=c1ccc2c3c(c4ccccc4c2c1)=Cc1c(c2ccc(C)cc2c2ccccc12)O3. The Hall–Kier alpha value is -4.10. The summed E-state index contributed by atoms with van der Waals surface area (Å²) in [6.45, 7) is 6.30. The maximum Gasteiger partial charge on any atom is 0.143 e. The van der Waals surface area contributed by atoms with E-state index in [0.29, 0.717) is 0 Å². The highest BCUT2D eigenvalue weighted by molar-refractivity contribution is 6.17. The summed E-state index contributed by atoms with van der Waals surface area (Å²) in [7, 11) is 0. The first kappa shape index (κ1) is 17.6. The molecule has 0 aliphatic carbocycles. The second-order valence-electron chi connectivity index (χ2n) is 8.75. The first-order valence-corrected chi connectivity index (χ1v) is 11.0. The van der Waals surface area contributed by atoms with E-state index in [0.717, 1.165) is 38.3 Å². The standard InChI is InChI=1S/C31H20O/c1-18-11-13-24-26(15-18)20-7-3-5-9-22(20)28-17-29-23-10-6-4-8-21(23)27-16-19(2)12-14-25(27)31(29)32-30(24)28/h3-17H,1H2,2H3. The zero-order chi connectivity index (χ0) is 21.4. The largest absolute Gasteiger partial charge is 0.455 e. The van der Waals surface area contributed by atoms with E-state index >= 15 is 0 Å². The van der Waals surface area contributed by atoms with E-state index in [9.17, 15) is 0 Å². The van der Waals surface area contributed by atoms with E-state index in [1.165, 1.54) is 37.9 Å². The Balaban J connectivity index is 1.75. The molecule has 1 heterocycles. The molecule has 0 fully saturated rings. The normalized spacial score (nSPS) is 12.5. The molecule has 1 aliphatic heterocycles. The van der Waals surface area contributed by atoms with Crippen molar-refractivity contribution in [2.75, 3.05) is 0 Å². The molecule has 0 bridgehead atoms. The van der Waals surface area contributed by atoms with Gasteiger partial charge in [-0.25, -0.2) is 0 Å². The maximum atomic E-state index is 6.85. The zero-order valence-electron chi connectivity index (χ0n) is 17.8. The van der Waals surface area contributed by atoms with Gasteiger partial charge in [0, 0.05) is 21.6 Å². The number of fused-ring (bicyclic) bond motifs is 12. The molecule has 0 saturated heterocycles. The molecule has 0 unspecified atom stereocenters. The van der Waals surface area contributed by atoms with Crippen LogP contribution in [-0.2, 0) is 0 Å². The summed E-state index contributed by atoms with van der Waals surface area (Å²) in [5, 5.41) is 11.8. The predicted octanol–water partition coefficient (Wildman–Crippen LogP) is 6.95. The third-order valence-electron chi connectivity index (χ3n) is 6.75. The highest BCUT2D eigenvalue weighted by Gasteiger charge is 2.22. The molecule has 1 aliphatic rings. The minimum Gasteiger partial charge on any atom is -0.455 e. The van der Waals surface area contributed by atoms with Crippen LogP contribution in [0.2, 0.25) is 0 Å². The predicted molar refractivity (Wildman–Crippen MR) is 136 cm³/mol. The fourth-order valence-electron chi connectivity index (χ4n) is 5.28. The Kier molecular flexibility index (Phi) is 3.41. The maximum absolute atomic E-state index is 6.85. The van der Waals surface area contributed by atoms with Crippen LogP contribution >= 0.6 is 0 Å². The van der Waals surface area contributed by atoms with Crippen molar-refractivity contribution in [3.05, 3.63) is 106 Å². The van der Waals surface area contributed by atoms with Crippen molar-refractivity contribution < 1.29 is 4.74 Å². The third kappa shape index (κ3) is 2.28. The lowest BCUT2D eigenvalue weighted by Crippen LogP contribution is -2.14. The molecular formula is C31H20O. The summed E-state index contributed by atoms with van der Waals surface area (Å²) in [4.78, 5) is 0. The van der Waals surface area contributed by atoms with Crippen LogP contribution in [-0.4, -0.2) is 0 Å². The van der Waals surface area contributed by atoms with Gasteiger partial charge in [0.1, 0.15) is 11.5 Å². The Morgan fingerprint density at radius 2 is 1.19 bits per heavy atom. The summed E-state index contributed by atoms with van der Waals surface area (Å²) >= 11 is 0. The van der Waals surface area contributed by atoms with Crippen molar-refractivity contribution in [1.82, 2.24) is 0 Å². The lowest BCUT2D eigenvalue weighted by Gasteiger charge is -2.22. The number of rotatable bonds is 0. The average molecular weight is 409 g/mol. The second kappa shape index (κ2) is 6.21. The van der Waals surface area contributed by atoms with Crippen molar-refractivity contribution in [1.29, 1.82) is 0 Å². The lowest BCUT2D eigenvalue weighted by molar-refractivity contribution is 0.487. The monoisotopic (exact) mass is 408 g/mol. The molecule has 1 heteroatoms. The third-order valence-corrected chi connectivity index (χ3v) is 6.75. The number of ether oxygens (including phenoxy) is 1. The molecule has 6 aromatic rings. The molecular weight excluding hydrogens is 388 g/mol. The number of hydrogen-bond donors (Lipinski definition) is 0. The molecule has 6 aromatic carbocycles. The molecule has 0 amide bonds. The van der Waals surface area contributed by atoms with Gasteiger partial charge >= 0.3 is 0 Å². The Labute approximate surface area is 185 Å². The van der Waals surface area contributed by atoms with Gasteiger partial charge in [0.05, 0.1) is 0 Å². The van der Waals surface area contributed by atoms with Crippen molar-refractivity contribution in [3.63, 3.8) is 0 Å². The van der Waals surface area contributed by atoms with Crippen LogP contribution < -0.4 is 15.2 Å². The van der Waals surface area contributed by atoms with Gasteiger partial charge in [-0.05, 0) is 56.6 Å². The molecule has 32 heavy (non-hydrogen) atoms. The number of aryl methyl sites for hydroxylation is 1. The van der Waals surface area contributed by atoms with Gasteiger partial charge in [0.2, 0.25) is 0 Å². The van der Waals surface area contributed by atoms with Crippen LogP contribution in [0.4, 0.5) is 0 Å². The molecule has 1 nitrogen and oxygen atoms in total. The summed E-state index contributed by atoms with van der Waals surface area (Å²) in [5.41, 5.74) is 2.41. The van der Waals surface area contributed by atoms with Gasteiger partial charge in [0.15, 0.2) is 0 Å². The highest BCUT2D eigenvalue weighted by atomic mass is 16.5. The molecule has 0 spiro atoms. The minimum absolute atomic E-state index is 0.934. The summed E-state index contributed by atoms with van der Waals surface area (Å²) in [6, 6.07) is 30.3. The van der Waals surface area contributed by atoms with Crippen LogP contribution in [0.1, 0.15) is 11.1 Å². The van der Waals surface area contributed by atoms with Crippen molar-refractivity contribution in [3.8, 4) is 11.5 Å². The lowest BCUT2D eigenvalue weighted by atomic mass is 9.91. The van der Waals surface area contributed by atoms with Crippen LogP contribution in [0.3, 0.4) is 0 Å². The summed E-state index contributed by atoms with van der Waals surface area (Å²) in [5.74, 6) is 1.88. The van der Waals surface area contributed by atoms with Gasteiger partial charge in [0.25, 0.3) is 0 Å². The summed E-state index contributed by atoms with van der Waals surface area (Å²) < 4.78 is 6.85. The molecule has 0 radical (unpaired) electrons. The first-order chi connectivity index (χ1) is 15.7. The fourth-order valence-corrected chi connectivity index (χ4v) is 5.28. The van der Waals surface area contributed by atoms with E-state index < -0.39 is 0 Å². The van der Waals surface area contributed by atoms with Crippen molar-refractivity contribution in [2.45, 2.75) is 6.92 Å². The van der Waals surface area contributed by atoms with Crippen molar-refractivity contribution >= 4 is 55.7 Å². The molecule has 0 saturated carbocycles. The minimum atomic E-state index is 0.934. The van der Waals surface area contributed by atoms with Crippen molar-refractivity contribution in [2.24, 2.45) is 0 Å². The number of hydrogen-bond acceptors (Lipinski definition) is 1. The Morgan fingerprint density at radius 1 is 0.562 bits per heavy atom. The molecule has 0 atom stereocenters. The molecule has 0 N–H and O–H groups in total. The van der Waals surface area contributed by atoms with Gasteiger partial charge in [-0.2, -0.15) is 0 Å². The highest BCUT2D eigenvalue weighted by Crippen LogP contribution is 2.44. The molecule has 7 rings (SSSR count). The molecule has 0 aromatic heterocycles. The van der Waals surface area contributed by atoms with Crippen LogP contribution in [0, 0.1) is 6.92 Å². The Morgan fingerprint density at radius 3 is 2.00 bits per heavy atom. The topological polar surface area (TPSA) is 9.23 Å². The zero-order valence-corrected chi connectivity index (χ0v) is 17.8. The van der Waals surface area contributed by atoms with Gasteiger partial charge in [-0.1, -0.05) is 91.0 Å². The van der Waals surface area contributed by atoms with Gasteiger partial charge in [-0.3, -0.25) is 0 Å². The van der Waals surface area contributed by atoms with Gasteiger partial charge < -0.3 is 4.74 Å². The van der Waals surface area contributed by atoms with E-state index in [2.05, 4.69) is 105 Å². The Bertz CT molecular complexity index is 1880. The van der Waals surface area contributed by atoms with E-state index in [1.54, 1.807) is 0 Å². The van der Waals surface area contributed by atoms with Gasteiger partial charge in [-0.15, -0.1) is 0 Å². The van der Waals surface area contributed by atoms with Crippen LogP contribution in [0.15, 0.2) is 84.9 Å². The smallest absolute Gasteiger partial charge is 0.143 e. The van der Waals surface area contributed by atoms with Crippen LogP contribution in [0.5, 0.6) is 11.5 Å².